The van der Waals surface area contributed by atoms with E-state index in [-0.39, 0.29) is 11.5 Å². The van der Waals surface area contributed by atoms with Crippen molar-refractivity contribution < 1.29 is 9.90 Å². The van der Waals surface area contributed by atoms with Crippen LogP contribution in [0.2, 0.25) is 0 Å². The third-order valence-corrected chi connectivity index (χ3v) is 4.17. The zero-order chi connectivity index (χ0) is 14.6. The Morgan fingerprint density at radius 3 is 2.57 bits per heavy atom. The zero-order valence-electron chi connectivity index (χ0n) is 11.8. The highest BCUT2D eigenvalue weighted by molar-refractivity contribution is 6.28. The molecule has 1 N–H and O–H groups in total. The van der Waals surface area contributed by atoms with E-state index in [4.69, 9.17) is 0 Å². The van der Waals surface area contributed by atoms with Crippen molar-refractivity contribution >= 4 is 16.7 Å². The van der Waals surface area contributed by atoms with E-state index in [1.54, 1.807) is 6.07 Å². The summed E-state index contributed by atoms with van der Waals surface area (Å²) in [5.74, 6) is 0.196. The highest BCUT2D eigenvalue weighted by Crippen LogP contribution is 2.45. The summed E-state index contributed by atoms with van der Waals surface area (Å²) in [7, 11) is 0. The smallest absolute Gasteiger partial charge is 0.196 e. The molecule has 0 spiro atoms. The second-order valence-electron chi connectivity index (χ2n) is 5.42. The highest BCUT2D eigenvalue weighted by Gasteiger charge is 2.33. The monoisotopic (exact) mass is 277 g/mol. The maximum atomic E-state index is 12.7. The van der Waals surface area contributed by atoms with E-state index in [9.17, 15) is 9.90 Å². The SMILES string of the molecule is CCCn1c2c(c3c(O)cccc31)C(=O)c1ccccc1-2. The average molecular weight is 277 g/mol. The second kappa shape index (κ2) is 4.22. The molecule has 1 aliphatic carbocycles. The Bertz CT molecular complexity index is 890. The van der Waals surface area contributed by atoms with E-state index in [0.717, 1.165) is 35.3 Å². The Kier molecular flexibility index (Phi) is 2.45. The van der Waals surface area contributed by atoms with Crippen LogP contribution in [0, 0.1) is 0 Å². The molecular weight excluding hydrogens is 262 g/mol. The van der Waals surface area contributed by atoms with E-state index in [1.165, 1.54) is 0 Å². The number of carbonyl (C=O) groups is 1. The number of benzene rings is 2. The Labute approximate surface area is 122 Å². The predicted molar refractivity (Wildman–Crippen MR) is 82.8 cm³/mol. The van der Waals surface area contributed by atoms with Gasteiger partial charge in [0.05, 0.1) is 22.2 Å². The molecular formula is C18H15NO2. The number of fused-ring (bicyclic) bond motifs is 5. The molecule has 1 aromatic heterocycles. The lowest BCUT2D eigenvalue weighted by Gasteiger charge is -2.09. The van der Waals surface area contributed by atoms with Crippen molar-refractivity contribution in [2.24, 2.45) is 0 Å². The van der Waals surface area contributed by atoms with Gasteiger partial charge in [-0.2, -0.15) is 0 Å². The minimum absolute atomic E-state index is 0.0157. The van der Waals surface area contributed by atoms with Crippen LogP contribution < -0.4 is 0 Å². The van der Waals surface area contributed by atoms with Crippen LogP contribution >= 0.6 is 0 Å². The van der Waals surface area contributed by atoms with Crippen molar-refractivity contribution in [3.05, 3.63) is 53.6 Å². The van der Waals surface area contributed by atoms with Crippen LogP contribution in [0.4, 0.5) is 0 Å². The standard InChI is InChI=1S/C18H15NO2/c1-2-10-19-13-8-5-9-14(20)15(13)16-17(19)11-6-3-4-7-12(11)18(16)21/h3-9,20H,2,10H2,1H3. The molecule has 3 aromatic rings. The van der Waals surface area contributed by atoms with Crippen molar-refractivity contribution in [3.8, 4) is 17.0 Å². The van der Waals surface area contributed by atoms with Gasteiger partial charge in [0, 0.05) is 17.7 Å². The fourth-order valence-electron chi connectivity index (χ4n) is 3.36. The Morgan fingerprint density at radius 2 is 1.81 bits per heavy atom. The summed E-state index contributed by atoms with van der Waals surface area (Å²) in [5, 5.41) is 10.9. The van der Waals surface area contributed by atoms with Gasteiger partial charge in [-0.15, -0.1) is 0 Å². The molecule has 3 heteroatoms. The largest absolute Gasteiger partial charge is 0.507 e. The number of rotatable bonds is 2. The van der Waals surface area contributed by atoms with Gasteiger partial charge in [-0.25, -0.2) is 0 Å². The quantitative estimate of drug-likeness (QED) is 0.602. The molecule has 0 radical (unpaired) electrons. The fraction of sp³-hybridized carbons (Fsp3) is 0.167. The number of phenols is 1. The Hall–Kier alpha value is -2.55. The molecule has 1 heterocycles. The normalized spacial score (nSPS) is 12.7. The van der Waals surface area contributed by atoms with Crippen LogP contribution in [-0.2, 0) is 6.54 Å². The molecule has 21 heavy (non-hydrogen) atoms. The first-order valence-corrected chi connectivity index (χ1v) is 7.22. The summed E-state index contributed by atoms with van der Waals surface area (Å²) in [6, 6.07) is 13.1. The first-order valence-electron chi connectivity index (χ1n) is 7.22. The van der Waals surface area contributed by atoms with Gasteiger partial charge in [0.2, 0.25) is 0 Å². The first kappa shape index (κ1) is 12.2. The number of aromatic hydroxyl groups is 1. The molecule has 0 fully saturated rings. The fourth-order valence-corrected chi connectivity index (χ4v) is 3.36. The van der Waals surface area contributed by atoms with Gasteiger partial charge < -0.3 is 9.67 Å². The summed E-state index contributed by atoms with van der Waals surface area (Å²) >= 11 is 0. The molecule has 0 saturated heterocycles. The van der Waals surface area contributed by atoms with Gasteiger partial charge in [0.15, 0.2) is 5.78 Å². The van der Waals surface area contributed by atoms with Crippen molar-refractivity contribution in [2.75, 3.05) is 0 Å². The predicted octanol–water partition coefficient (Wildman–Crippen LogP) is 3.97. The van der Waals surface area contributed by atoms with E-state index in [2.05, 4.69) is 11.5 Å². The van der Waals surface area contributed by atoms with E-state index in [1.807, 2.05) is 36.4 Å². The molecule has 0 aliphatic heterocycles. The maximum Gasteiger partial charge on any atom is 0.196 e. The third-order valence-electron chi connectivity index (χ3n) is 4.17. The van der Waals surface area contributed by atoms with Gasteiger partial charge >= 0.3 is 0 Å². The molecule has 2 aromatic carbocycles. The summed E-state index contributed by atoms with van der Waals surface area (Å²) in [5.41, 5.74) is 4.25. The highest BCUT2D eigenvalue weighted by atomic mass is 16.3. The zero-order valence-corrected chi connectivity index (χ0v) is 11.8. The minimum Gasteiger partial charge on any atom is -0.507 e. The van der Waals surface area contributed by atoms with E-state index >= 15 is 0 Å². The van der Waals surface area contributed by atoms with Crippen LogP contribution in [0.3, 0.4) is 0 Å². The molecule has 4 rings (SSSR count). The lowest BCUT2D eigenvalue weighted by Crippen LogP contribution is -1.98. The second-order valence-corrected chi connectivity index (χ2v) is 5.42. The summed E-state index contributed by atoms with van der Waals surface area (Å²) in [6.07, 6.45) is 0.974. The van der Waals surface area contributed by atoms with Gasteiger partial charge in [-0.1, -0.05) is 37.3 Å². The molecule has 3 nitrogen and oxygen atoms in total. The molecule has 1 aliphatic rings. The number of hydrogen-bond donors (Lipinski definition) is 1. The molecule has 0 amide bonds. The van der Waals surface area contributed by atoms with Crippen LogP contribution in [0.1, 0.15) is 29.3 Å². The average Bonchev–Trinajstić information content (AvgIpc) is 2.97. The number of carbonyl (C=O) groups excluding carboxylic acids is 1. The van der Waals surface area contributed by atoms with Crippen LogP contribution in [0.5, 0.6) is 5.75 Å². The van der Waals surface area contributed by atoms with E-state index < -0.39 is 0 Å². The minimum atomic E-state index is 0.0157. The molecule has 0 unspecified atom stereocenters. The van der Waals surface area contributed by atoms with Crippen molar-refractivity contribution in [1.82, 2.24) is 4.57 Å². The number of aromatic nitrogens is 1. The lowest BCUT2D eigenvalue weighted by atomic mass is 10.1. The maximum absolute atomic E-state index is 12.7. The molecule has 0 bridgehead atoms. The van der Waals surface area contributed by atoms with Gasteiger partial charge in [-0.05, 0) is 18.6 Å². The van der Waals surface area contributed by atoms with Crippen LogP contribution in [0.15, 0.2) is 42.5 Å². The van der Waals surface area contributed by atoms with Crippen LogP contribution in [0.25, 0.3) is 22.2 Å². The number of ketones is 1. The Morgan fingerprint density at radius 1 is 1.05 bits per heavy atom. The summed E-state index contributed by atoms with van der Waals surface area (Å²) in [6.45, 7) is 2.95. The topological polar surface area (TPSA) is 42.2 Å². The molecule has 0 atom stereocenters. The van der Waals surface area contributed by atoms with Crippen molar-refractivity contribution in [2.45, 2.75) is 19.9 Å². The van der Waals surface area contributed by atoms with Crippen LogP contribution in [-0.4, -0.2) is 15.5 Å². The van der Waals surface area contributed by atoms with Gasteiger partial charge in [0.1, 0.15) is 5.75 Å². The van der Waals surface area contributed by atoms with Crippen molar-refractivity contribution in [1.29, 1.82) is 0 Å². The number of nitrogens with zero attached hydrogens (tertiary/aromatic N) is 1. The lowest BCUT2D eigenvalue weighted by molar-refractivity contribution is 0.104. The first-order chi connectivity index (χ1) is 10.2. The summed E-state index contributed by atoms with van der Waals surface area (Å²) in [4.78, 5) is 12.7. The summed E-state index contributed by atoms with van der Waals surface area (Å²) < 4.78 is 2.16. The number of hydrogen-bond acceptors (Lipinski definition) is 2. The number of aryl methyl sites for hydroxylation is 1. The Balaban J connectivity index is 2.20. The van der Waals surface area contributed by atoms with Gasteiger partial charge in [-0.3, -0.25) is 4.79 Å². The van der Waals surface area contributed by atoms with Gasteiger partial charge in [0.25, 0.3) is 0 Å². The molecule has 104 valence electrons. The van der Waals surface area contributed by atoms with E-state index in [0.29, 0.717) is 10.9 Å². The number of phenolic OH excluding ortho intramolecular Hbond substituents is 1. The van der Waals surface area contributed by atoms with Crippen molar-refractivity contribution in [3.63, 3.8) is 0 Å². The molecule has 0 saturated carbocycles. The third kappa shape index (κ3) is 1.46.